The van der Waals surface area contributed by atoms with Gasteiger partial charge in [0.1, 0.15) is 11.9 Å². The highest BCUT2D eigenvalue weighted by atomic mass is 79.9. The summed E-state index contributed by atoms with van der Waals surface area (Å²) in [5.74, 6) is 0.879. The van der Waals surface area contributed by atoms with Crippen molar-refractivity contribution in [2.75, 3.05) is 0 Å². The first-order valence-electron chi connectivity index (χ1n) is 6.52. The summed E-state index contributed by atoms with van der Waals surface area (Å²) in [5.41, 5.74) is 9.75. The zero-order valence-corrected chi connectivity index (χ0v) is 14.2. The molecule has 1 aliphatic heterocycles. The van der Waals surface area contributed by atoms with Crippen LogP contribution in [0.15, 0.2) is 45.3 Å². The highest BCUT2D eigenvalue weighted by Gasteiger charge is 2.28. The minimum Gasteiger partial charge on any atom is -0.485 e. The predicted molar refractivity (Wildman–Crippen MR) is 87.9 cm³/mol. The Hall–Kier alpha value is -0.840. The third-order valence-electron chi connectivity index (χ3n) is 3.61. The van der Waals surface area contributed by atoms with E-state index in [1.54, 1.807) is 0 Å². The Morgan fingerprint density at radius 3 is 2.65 bits per heavy atom. The molecule has 2 aromatic rings. The van der Waals surface area contributed by atoms with Crippen LogP contribution in [-0.4, -0.2) is 0 Å². The van der Waals surface area contributed by atoms with Crippen LogP contribution in [0, 0.1) is 6.92 Å². The highest BCUT2D eigenvalue weighted by molar-refractivity contribution is 9.10. The van der Waals surface area contributed by atoms with E-state index in [0.717, 1.165) is 32.2 Å². The molecule has 20 heavy (non-hydrogen) atoms. The van der Waals surface area contributed by atoms with E-state index in [1.807, 2.05) is 18.2 Å². The first kappa shape index (κ1) is 14.1. The van der Waals surface area contributed by atoms with Crippen LogP contribution in [-0.2, 0) is 0 Å². The zero-order chi connectivity index (χ0) is 14.3. The molecule has 2 N–H and O–H groups in total. The molecular formula is C16H15Br2NO. The molecule has 2 atom stereocenters. The van der Waals surface area contributed by atoms with E-state index in [2.05, 4.69) is 57.0 Å². The fourth-order valence-corrected chi connectivity index (χ4v) is 3.69. The number of halogens is 2. The largest absolute Gasteiger partial charge is 0.485 e. The van der Waals surface area contributed by atoms with E-state index < -0.39 is 0 Å². The fraction of sp³-hybridized carbons (Fsp3) is 0.250. The van der Waals surface area contributed by atoms with Crippen LogP contribution in [0.1, 0.15) is 35.3 Å². The average molecular weight is 397 g/mol. The summed E-state index contributed by atoms with van der Waals surface area (Å²) < 4.78 is 8.24. The van der Waals surface area contributed by atoms with Crippen molar-refractivity contribution >= 4 is 31.9 Å². The molecule has 1 heterocycles. The van der Waals surface area contributed by atoms with Crippen LogP contribution in [0.2, 0.25) is 0 Å². The molecule has 0 radical (unpaired) electrons. The van der Waals surface area contributed by atoms with Gasteiger partial charge >= 0.3 is 0 Å². The smallest absolute Gasteiger partial charge is 0.127 e. The zero-order valence-electron chi connectivity index (χ0n) is 11.1. The molecule has 1 unspecified atom stereocenters. The summed E-state index contributed by atoms with van der Waals surface area (Å²) in [6.45, 7) is 2.08. The van der Waals surface area contributed by atoms with Gasteiger partial charge in [0, 0.05) is 32.5 Å². The maximum Gasteiger partial charge on any atom is 0.127 e. The van der Waals surface area contributed by atoms with Crippen molar-refractivity contribution < 1.29 is 4.74 Å². The Labute approximate surface area is 135 Å². The number of rotatable bonds is 1. The molecule has 0 aromatic heterocycles. The van der Waals surface area contributed by atoms with Crippen molar-refractivity contribution in [1.29, 1.82) is 0 Å². The van der Waals surface area contributed by atoms with Crippen LogP contribution in [0.5, 0.6) is 5.75 Å². The lowest BCUT2D eigenvalue weighted by Crippen LogP contribution is -2.24. The summed E-state index contributed by atoms with van der Waals surface area (Å²) in [6, 6.07) is 12.3. The van der Waals surface area contributed by atoms with Crippen molar-refractivity contribution in [1.82, 2.24) is 0 Å². The molecule has 3 rings (SSSR count). The maximum absolute atomic E-state index is 6.31. The first-order chi connectivity index (χ1) is 9.54. The summed E-state index contributed by atoms with van der Waals surface area (Å²) in [6.07, 6.45) is 0.777. The van der Waals surface area contributed by atoms with Gasteiger partial charge in [-0.25, -0.2) is 0 Å². The Kier molecular flexibility index (Phi) is 3.89. The van der Waals surface area contributed by atoms with Gasteiger partial charge in [0.25, 0.3) is 0 Å². The lowest BCUT2D eigenvalue weighted by molar-refractivity contribution is 0.161. The molecule has 0 fully saturated rings. The van der Waals surface area contributed by atoms with Gasteiger partial charge in [-0.3, -0.25) is 0 Å². The first-order valence-corrected chi connectivity index (χ1v) is 8.11. The molecule has 1 aliphatic rings. The molecule has 0 saturated carbocycles. The van der Waals surface area contributed by atoms with Crippen LogP contribution in [0.4, 0.5) is 0 Å². The van der Waals surface area contributed by atoms with Crippen molar-refractivity contribution in [2.24, 2.45) is 5.73 Å². The van der Waals surface area contributed by atoms with Crippen molar-refractivity contribution in [2.45, 2.75) is 25.5 Å². The molecule has 0 saturated heterocycles. The van der Waals surface area contributed by atoms with E-state index in [1.165, 1.54) is 5.56 Å². The summed E-state index contributed by atoms with van der Waals surface area (Å²) in [7, 11) is 0. The van der Waals surface area contributed by atoms with Gasteiger partial charge in [-0.1, -0.05) is 44.0 Å². The number of hydrogen-bond donors (Lipinski definition) is 1. The standard InChI is InChI=1S/C16H15Br2NO/c1-9-2-4-11(13(18)6-9)16-8-14(19)12-7-10(17)3-5-15(12)20-16/h2-7,14,16H,8,19H2,1H3/t14-,16?/m0/s1. The number of ether oxygens (including phenoxy) is 1. The van der Waals surface area contributed by atoms with Gasteiger partial charge in [-0.2, -0.15) is 0 Å². The Balaban J connectivity index is 1.97. The van der Waals surface area contributed by atoms with Gasteiger partial charge in [-0.05, 0) is 36.8 Å². The van der Waals surface area contributed by atoms with Crippen LogP contribution >= 0.6 is 31.9 Å². The van der Waals surface area contributed by atoms with Gasteiger partial charge in [0.15, 0.2) is 0 Å². The van der Waals surface area contributed by atoms with Gasteiger partial charge in [0.2, 0.25) is 0 Å². The molecule has 2 nitrogen and oxygen atoms in total. The van der Waals surface area contributed by atoms with Crippen molar-refractivity contribution in [3.05, 3.63) is 62.0 Å². The summed E-state index contributed by atoms with van der Waals surface area (Å²) in [5, 5.41) is 0. The summed E-state index contributed by atoms with van der Waals surface area (Å²) >= 11 is 7.10. The van der Waals surface area contributed by atoms with Crippen LogP contribution in [0.3, 0.4) is 0 Å². The Morgan fingerprint density at radius 1 is 1.10 bits per heavy atom. The van der Waals surface area contributed by atoms with E-state index in [9.17, 15) is 0 Å². The number of fused-ring (bicyclic) bond motifs is 1. The molecule has 0 spiro atoms. The molecular weight excluding hydrogens is 382 g/mol. The third kappa shape index (κ3) is 2.65. The molecule has 2 aromatic carbocycles. The second-order valence-electron chi connectivity index (χ2n) is 5.16. The van der Waals surface area contributed by atoms with Crippen molar-refractivity contribution in [3.8, 4) is 5.75 Å². The number of nitrogens with two attached hydrogens (primary N) is 1. The number of hydrogen-bond acceptors (Lipinski definition) is 2. The topological polar surface area (TPSA) is 35.2 Å². The summed E-state index contributed by atoms with van der Waals surface area (Å²) in [4.78, 5) is 0. The fourth-order valence-electron chi connectivity index (χ4n) is 2.56. The molecule has 104 valence electrons. The molecule has 0 aliphatic carbocycles. The normalized spacial score (nSPS) is 21.2. The van der Waals surface area contributed by atoms with Gasteiger partial charge in [-0.15, -0.1) is 0 Å². The average Bonchev–Trinajstić information content (AvgIpc) is 2.39. The quantitative estimate of drug-likeness (QED) is 0.732. The van der Waals surface area contributed by atoms with Gasteiger partial charge in [0.05, 0.1) is 0 Å². The highest BCUT2D eigenvalue weighted by Crippen LogP contribution is 2.42. The van der Waals surface area contributed by atoms with E-state index >= 15 is 0 Å². The lowest BCUT2D eigenvalue weighted by Gasteiger charge is -2.31. The van der Waals surface area contributed by atoms with E-state index in [4.69, 9.17) is 10.5 Å². The van der Waals surface area contributed by atoms with E-state index in [-0.39, 0.29) is 12.1 Å². The lowest BCUT2D eigenvalue weighted by atomic mass is 9.93. The minimum absolute atomic E-state index is 0.00514. The van der Waals surface area contributed by atoms with Crippen LogP contribution in [0.25, 0.3) is 0 Å². The van der Waals surface area contributed by atoms with Crippen LogP contribution < -0.4 is 10.5 Å². The second kappa shape index (κ2) is 5.51. The molecule has 0 amide bonds. The monoisotopic (exact) mass is 395 g/mol. The third-order valence-corrected chi connectivity index (χ3v) is 4.79. The second-order valence-corrected chi connectivity index (χ2v) is 6.93. The Morgan fingerprint density at radius 2 is 1.90 bits per heavy atom. The minimum atomic E-state index is -0.00588. The maximum atomic E-state index is 6.31. The Bertz CT molecular complexity index is 657. The van der Waals surface area contributed by atoms with Gasteiger partial charge < -0.3 is 10.5 Å². The number of aryl methyl sites for hydroxylation is 1. The molecule has 4 heteroatoms. The number of benzene rings is 2. The predicted octanol–water partition coefficient (Wildman–Crippen LogP) is 5.04. The SMILES string of the molecule is Cc1ccc(C2C[C@H](N)c3cc(Br)ccc3O2)c(Br)c1. The van der Waals surface area contributed by atoms with E-state index in [0.29, 0.717) is 0 Å². The van der Waals surface area contributed by atoms with Crippen molar-refractivity contribution in [3.63, 3.8) is 0 Å². The molecule has 0 bridgehead atoms.